The molecule has 0 bridgehead atoms. The molecule has 0 saturated heterocycles. The van der Waals surface area contributed by atoms with Gasteiger partial charge in [0.15, 0.2) is 0 Å². The van der Waals surface area contributed by atoms with Crippen LogP contribution in [0, 0.1) is 12.3 Å². The van der Waals surface area contributed by atoms with Crippen molar-refractivity contribution in [2.24, 2.45) is 5.41 Å². The number of hydrogen-bond donors (Lipinski definition) is 3. The topological polar surface area (TPSA) is 69.6 Å². The maximum Gasteiger partial charge on any atom is 0.337 e. The molecule has 1 aromatic rings. The molecule has 3 N–H and O–H groups in total. The Morgan fingerprint density at radius 1 is 1.37 bits per heavy atom. The first-order chi connectivity index (χ1) is 8.69. The quantitative estimate of drug-likeness (QED) is 0.765. The number of anilines is 1. The highest BCUT2D eigenvalue weighted by Gasteiger charge is 2.17. The molecule has 1 atom stereocenters. The molecule has 0 fully saturated rings. The number of carboxylic acids is 1. The summed E-state index contributed by atoms with van der Waals surface area (Å²) < 4.78 is 0. The van der Waals surface area contributed by atoms with Crippen LogP contribution in [0.1, 0.15) is 43.1 Å². The molecule has 0 saturated carbocycles. The minimum Gasteiger partial charge on any atom is -0.478 e. The summed E-state index contributed by atoms with van der Waals surface area (Å²) in [6.07, 6.45) is 0.164. The van der Waals surface area contributed by atoms with Crippen LogP contribution in [-0.4, -0.2) is 28.8 Å². The van der Waals surface area contributed by atoms with Gasteiger partial charge in [-0.05, 0) is 30.9 Å². The van der Waals surface area contributed by atoms with Crippen LogP contribution in [0.2, 0.25) is 0 Å². The number of benzene rings is 1. The zero-order valence-corrected chi connectivity index (χ0v) is 12.0. The van der Waals surface area contributed by atoms with E-state index in [1.54, 1.807) is 12.1 Å². The second-order valence-corrected chi connectivity index (χ2v) is 6.15. The lowest BCUT2D eigenvalue weighted by molar-refractivity contribution is 0.0697. The van der Waals surface area contributed by atoms with Crippen molar-refractivity contribution in [3.63, 3.8) is 0 Å². The Morgan fingerprint density at radius 2 is 2.00 bits per heavy atom. The van der Waals surface area contributed by atoms with Crippen molar-refractivity contribution < 1.29 is 15.0 Å². The molecule has 0 aromatic heterocycles. The van der Waals surface area contributed by atoms with Gasteiger partial charge in [-0.3, -0.25) is 0 Å². The Morgan fingerprint density at radius 3 is 2.53 bits per heavy atom. The SMILES string of the molecule is Cc1ccc(NCC(O)CC(C)(C)C)c(C(=O)O)c1. The molecular weight excluding hydrogens is 242 g/mol. The molecule has 0 aliphatic carbocycles. The first-order valence-corrected chi connectivity index (χ1v) is 6.45. The maximum atomic E-state index is 11.1. The minimum absolute atomic E-state index is 0.0456. The fourth-order valence-electron chi connectivity index (χ4n) is 2.00. The van der Waals surface area contributed by atoms with Crippen molar-refractivity contribution >= 4 is 11.7 Å². The van der Waals surface area contributed by atoms with Crippen LogP contribution in [-0.2, 0) is 0 Å². The predicted molar refractivity (Wildman–Crippen MR) is 76.7 cm³/mol. The highest BCUT2D eigenvalue weighted by atomic mass is 16.4. The summed E-state index contributed by atoms with van der Waals surface area (Å²) in [7, 11) is 0. The van der Waals surface area contributed by atoms with Crippen molar-refractivity contribution in [3.05, 3.63) is 29.3 Å². The van der Waals surface area contributed by atoms with E-state index in [-0.39, 0.29) is 11.0 Å². The third-order valence-corrected chi connectivity index (χ3v) is 2.78. The molecule has 19 heavy (non-hydrogen) atoms. The standard InChI is InChI=1S/C15H23NO3/c1-10-5-6-13(12(7-10)14(18)19)16-9-11(17)8-15(2,3)4/h5-7,11,16-17H,8-9H2,1-4H3,(H,18,19). The summed E-state index contributed by atoms with van der Waals surface area (Å²) in [5.41, 5.74) is 1.73. The molecule has 0 aliphatic rings. The van der Waals surface area contributed by atoms with Gasteiger partial charge in [-0.2, -0.15) is 0 Å². The molecule has 1 aromatic carbocycles. The Kier molecular flexibility index (Phi) is 4.95. The van der Waals surface area contributed by atoms with Crippen molar-refractivity contribution in [3.8, 4) is 0 Å². The maximum absolute atomic E-state index is 11.1. The van der Waals surface area contributed by atoms with Gasteiger partial charge in [-0.25, -0.2) is 4.79 Å². The van der Waals surface area contributed by atoms with Gasteiger partial charge < -0.3 is 15.5 Å². The number of aliphatic hydroxyl groups is 1. The lowest BCUT2D eigenvalue weighted by Crippen LogP contribution is -2.25. The van der Waals surface area contributed by atoms with Gasteiger partial charge in [0, 0.05) is 12.2 Å². The van der Waals surface area contributed by atoms with E-state index >= 15 is 0 Å². The zero-order valence-electron chi connectivity index (χ0n) is 12.0. The summed E-state index contributed by atoms with van der Waals surface area (Å²) in [6.45, 7) is 8.38. The van der Waals surface area contributed by atoms with Crippen molar-refractivity contribution in [1.29, 1.82) is 0 Å². The van der Waals surface area contributed by atoms with Gasteiger partial charge in [0.1, 0.15) is 0 Å². The first kappa shape index (κ1) is 15.5. The summed E-state index contributed by atoms with van der Waals surface area (Å²) >= 11 is 0. The Balaban J connectivity index is 2.70. The average molecular weight is 265 g/mol. The zero-order chi connectivity index (χ0) is 14.6. The largest absolute Gasteiger partial charge is 0.478 e. The van der Waals surface area contributed by atoms with Crippen LogP contribution >= 0.6 is 0 Å². The third kappa shape index (κ3) is 5.30. The van der Waals surface area contributed by atoms with E-state index in [0.717, 1.165) is 5.56 Å². The molecule has 0 radical (unpaired) electrons. The number of hydrogen-bond acceptors (Lipinski definition) is 3. The lowest BCUT2D eigenvalue weighted by Gasteiger charge is -2.23. The van der Waals surface area contributed by atoms with E-state index < -0.39 is 12.1 Å². The number of nitrogens with one attached hydrogen (secondary N) is 1. The van der Waals surface area contributed by atoms with Crippen molar-refractivity contribution in [2.75, 3.05) is 11.9 Å². The van der Waals surface area contributed by atoms with Gasteiger partial charge in [-0.1, -0.05) is 32.4 Å². The Labute approximate surface area is 114 Å². The van der Waals surface area contributed by atoms with Crippen LogP contribution in [0.15, 0.2) is 18.2 Å². The summed E-state index contributed by atoms with van der Waals surface area (Å²) in [5, 5.41) is 22.1. The van der Waals surface area contributed by atoms with Gasteiger partial charge in [0.25, 0.3) is 0 Å². The number of rotatable bonds is 5. The number of aliphatic hydroxyl groups excluding tert-OH is 1. The summed E-state index contributed by atoms with van der Waals surface area (Å²) in [4.78, 5) is 11.1. The molecule has 0 spiro atoms. The van der Waals surface area contributed by atoms with Crippen LogP contribution in [0.5, 0.6) is 0 Å². The fourth-order valence-corrected chi connectivity index (χ4v) is 2.00. The van der Waals surface area contributed by atoms with E-state index in [2.05, 4.69) is 26.1 Å². The summed E-state index contributed by atoms with van der Waals surface area (Å²) in [6, 6.07) is 5.22. The van der Waals surface area contributed by atoms with Crippen LogP contribution in [0.3, 0.4) is 0 Å². The molecule has 0 heterocycles. The van der Waals surface area contributed by atoms with E-state index in [1.165, 1.54) is 0 Å². The number of carbonyl (C=O) groups is 1. The van der Waals surface area contributed by atoms with E-state index in [4.69, 9.17) is 5.11 Å². The molecule has 1 rings (SSSR count). The van der Waals surface area contributed by atoms with Gasteiger partial charge in [-0.15, -0.1) is 0 Å². The summed E-state index contributed by atoms with van der Waals surface area (Å²) in [5.74, 6) is -0.962. The van der Waals surface area contributed by atoms with E-state index in [1.807, 2.05) is 13.0 Å². The van der Waals surface area contributed by atoms with Gasteiger partial charge in [0.2, 0.25) is 0 Å². The molecule has 1 unspecified atom stereocenters. The van der Waals surface area contributed by atoms with Crippen LogP contribution in [0.4, 0.5) is 5.69 Å². The number of aryl methyl sites for hydroxylation is 1. The Hall–Kier alpha value is -1.55. The normalized spacial score (nSPS) is 13.1. The number of carboxylic acid groups (broad SMARTS) is 1. The van der Waals surface area contributed by atoms with Crippen LogP contribution < -0.4 is 5.32 Å². The van der Waals surface area contributed by atoms with E-state index in [9.17, 15) is 9.90 Å². The Bertz CT molecular complexity index is 449. The van der Waals surface area contributed by atoms with Crippen LogP contribution in [0.25, 0.3) is 0 Å². The van der Waals surface area contributed by atoms with Crippen molar-refractivity contribution in [2.45, 2.75) is 40.2 Å². The second kappa shape index (κ2) is 6.06. The highest BCUT2D eigenvalue weighted by molar-refractivity contribution is 5.94. The monoisotopic (exact) mass is 265 g/mol. The average Bonchev–Trinajstić information content (AvgIpc) is 2.24. The molecular formula is C15H23NO3. The fraction of sp³-hybridized carbons (Fsp3) is 0.533. The highest BCUT2D eigenvalue weighted by Crippen LogP contribution is 2.22. The number of aromatic carboxylic acids is 1. The van der Waals surface area contributed by atoms with Crippen molar-refractivity contribution in [1.82, 2.24) is 0 Å². The van der Waals surface area contributed by atoms with E-state index in [0.29, 0.717) is 18.7 Å². The first-order valence-electron chi connectivity index (χ1n) is 6.45. The molecule has 4 heteroatoms. The molecule has 4 nitrogen and oxygen atoms in total. The van der Waals surface area contributed by atoms with Gasteiger partial charge >= 0.3 is 5.97 Å². The molecule has 106 valence electrons. The molecule has 0 amide bonds. The van der Waals surface area contributed by atoms with Gasteiger partial charge in [0.05, 0.1) is 11.7 Å². The second-order valence-electron chi connectivity index (χ2n) is 6.15. The smallest absolute Gasteiger partial charge is 0.337 e. The molecule has 0 aliphatic heterocycles. The minimum atomic E-state index is -0.962. The third-order valence-electron chi connectivity index (χ3n) is 2.78. The lowest BCUT2D eigenvalue weighted by atomic mass is 9.89. The predicted octanol–water partition coefficient (Wildman–Crippen LogP) is 2.90.